The van der Waals surface area contributed by atoms with Gasteiger partial charge in [-0.3, -0.25) is 4.79 Å². The van der Waals surface area contributed by atoms with Crippen LogP contribution in [-0.4, -0.2) is 57.0 Å². The lowest BCUT2D eigenvalue weighted by molar-refractivity contribution is -0.140. The summed E-state index contributed by atoms with van der Waals surface area (Å²) in [5.41, 5.74) is 2.20. The Labute approximate surface area is 220 Å². The summed E-state index contributed by atoms with van der Waals surface area (Å²) in [5, 5.41) is 13.5. The lowest BCUT2D eigenvalue weighted by Gasteiger charge is -2.38. The Kier molecular flexibility index (Phi) is 7.44. The van der Waals surface area contributed by atoms with Gasteiger partial charge in [-0.1, -0.05) is 11.3 Å². The number of aromatic nitrogens is 3. The van der Waals surface area contributed by atoms with E-state index >= 15 is 0 Å². The third-order valence-electron chi connectivity index (χ3n) is 6.79. The summed E-state index contributed by atoms with van der Waals surface area (Å²) in [6, 6.07) is 3.84. The zero-order valence-corrected chi connectivity index (χ0v) is 22.5. The molecule has 2 saturated carbocycles. The number of aliphatic hydroxyl groups is 1. The molecule has 2 fully saturated rings. The lowest BCUT2D eigenvalue weighted by Crippen LogP contribution is -2.42. The molecule has 5 rings (SSSR count). The number of methoxy groups -OCH3 is 1. The number of fused-ring (bicyclic) bond motifs is 1. The first-order chi connectivity index (χ1) is 17.7. The van der Waals surface area contributed by atoms with Crippen LogP contribution in [0.2, 0.25) is 0 Å². The van der Waals surface area contributed by atoms with Gasteiger partial charge in [-0.25, -0.2) is 15.0 Å². The van der Waals surface area contributed by atoms with E-state index in [-0.39, 0.29) is 36.2 Å². The molecule has 2 heterocycles. The summed E-state index contributed by atoms with van der Waals surface area (Å²) in [7, 11) is 1.62. The number of nitrogens with zero attached hydrogens (tertiary/aromatic N) is 3. The molecule has 2 atom stereocenters. The van der Waals surface area contributed by atoms with Crippen molar-refractivity contribution in [1.29, 1.82) is 0 Å². The Bertz CT molecular complexity index is 1250. The average Bonchev–Trinajstić information content (AvgIpc) is 3.43. The monoisotopic (exact) mass is 526 g/mol. The second kappa shape index (κ2) is 10.6. The Morgan fingerprint density at radius 3 is 2.59 bits per heavy atom. The second-order valence-corrected chi connectivity index (χ2v) is 11.8. The maximum atomic E-state index is 12.7. The first-order valence-corrected chi connectivity index (χ1v) is 13.6. The van der Waals surface area contributed by atoms with Gasteiger partial charge in [0.25, 0.3) is 0 Å². The van der Waals surface area contributed by atoms with E-state index in [0.717, 1.165) is 53.4 Å². The van der Waals surface area contributed by atoms with Crippen molar-refractivity contribution in [2.24, 2.45) is 5.92 Å². The minimum Gasteiger partial charge on any atom is -0.495 e. The summed E-state index contributed by atoms with van der Waals surface area (Å²) in [5.74, 6) is 1.15. The van der Waals surface area contributed by atoms with Crippen LogP contribution in [0.3, 0.4) is 0 Å². The maximum absolute atomic E-state index is 12.7. The fourth-order valence-electron chi connectivity index (χ4n) is 4.89. The quantitative estimate of drug-likeness (QED) is 0.433. The van der Waals surface area contributed by atoms with Crippen LogP contribution >= 0.6 is 11.3 Å². The summed E-state index contributed by atoms with van der Waals surface area (Å²) < 4.78 is 18.4. The van der Waals surface area contributed by atoms with Gasteiger partial charge in [0.1, 0.15) is 12.4 Å². The van der Waals surface area contributed by atoms with Crippen LogP contribution in [0, 0.1) is 5.92 Å². The molecule has 2 aromatic heterocycles. The molecule has 1 aromatic carbocycles. The highest BCUT2D eigenvalue weighted by Crippen LogP contribution is 2.41. The number of benzene rings is 1. The number of hydrogen-bond acceptors (Lipinski definition) is 9. The minimum absolute atomic E-state index is 0.0247. The predicted octanol–water partition coefficient (Wildman–Crippen LogP) is 4.72. The molecule has 1 amide bonds. The van der Waals surface area contributed by atoms with Crippen molar-refractivity contribution in [2.45, 2.75) is 83.4 Å². The van der Waals surface area contributed by atoms with Gasteiger partial charge in [0.05, 0.1) is 41.2 Å². The molecule has 37 heavy (non-hydrogen) atoms. The number of anilines is 1. The highest BCUT2D eigenvalue weighted by Gasteiger charge is 2.37. The number of hydrogen-bond donors (Lipinski definition) is 2. The van der Waals surface area contributed by atoms with Crippen LogP contribution < -0.4 is 10.1 Å². The molecular weight excluding hydrogens is 492 g/mol. The molecule has 3 aromatic rings. The van der Waals surface area contributed by atoms with Crippen molar-refractivity contribution >= 4 is 32.6 Å². The Balaban J connectivity index is 1.26. The predicted molar refractivity (Wildman–Crippen MR) is 142 cm³/mol. The van der Waals surface area contributed by atoms with Crippen molar-refractivity contribution in [3.63, 3.8) is 0 Å². The number of nitrogens with one attached hydrogen (secondary N) is 1. The van der Waals surface area contributed by atoms with Crippen molar-refractivity contribution in [3.05, 3.63) is 30.4 Å². The molecule has 0 spiro atoms. The first-order valence-electron chi connectivity index (χ1n) is 12.8. The number of thiazole rings is 1. The van der Waals surface area contributed by atoms with E-state index < -0.39 is 6.10 Å². The summed E-state index contributed by atoms with van der Waals surface area (Å²) >= 11 is 1.39. The fourth-order valence-corrected chi connectivity index (χ4v) is 5.88. The van der Waals surface area contributed by atoms with Gasteiger partial charge in [-0.2, -0.15) is 0 Å². The van der Waals surface area contributed by atoms with Crippen LogP contribution in [0.1, 0.15) is 58.7 Å². The molecule has 0 saturated heterocycles. The van der Waals surface area contributed by atoms with Gasteiger partial charge >= 0.3 is 0 Å². The van der Waals surface area contributed by atoms with Gasteiger partial charge < -0.3 is 24.6 Å². The van der Waals surface area contributed by atoms with E-state index in [1.165, 1.54) is 11.3 Å². The summed E-state index contributed by atoms with van der Waals surface area (Å²) in [4.78, 5) is 26.2. The van der Waals surface area contributed by atoms with Crippen LogP contribution in [0.5, 0.6) is 5.75 Å². The molecule has 198 valence electrons. The first kappa shape index (κ1) is 26.0. The van der Waals surface area contributed by atoms with Crippen molar-refractivity contribution in [2.75, 3.05) is 12.4 Å². The summed E-state index contributed by atoms with van der Waals surface area (Å²) in [6.07, 6.45) is 7.14. The van der Waals surface area contributed by atoms with Crippen LogP contribution in [0.25, 0.3) is 21.3 Å². The van der Waals surface area contributed by atoms with Gasteiger partial charge in [-0.05, 0) is 65.0 Å². The van der Waals surface area contributed by atoms with E-state index in [4.69, 9.17) is 14.2 Å². The van der Waals surface area contributed by atoms with E-state index in [0.29, 0.717) is 16.7 Å². The Hall–Kier alpha value is -2.66. The molecular formula is C27H34N4O5S. The molecule has 2 N–H and O–H groups in total. The molecule has 9 nitrogen and oxygen atoms in total. The Morgan fingerprint density at radius 2 is 1.95 bits per heavy atom. The average molecular weight is 527 g/mol. The molecule has 0 aliphatic heterocycles. The minimum atomic E-state index is -0.405. The van der Waals surface area contributed by atoms with Gasteiger partial charge in [0.15, 0.2) is 11.0 Å². The third-order valence-corrected chi connectivity index (χ3v) is 7.78. The second-order valence-electron chi connectivity index (χ2n) is 10.8. The molecule has 0 bridgehead atoms. The lowest BCUT2D eigenvalue weighted by atomic mass is 9.81. The largest absolute Gasteiger partial charge is 0.495 e. The highest BCUT2D eigenvalue weighted by molar-refractivity contribution is 7.22. The normalized spacial score (nSPS) is 23.7. The molecule has 10 heteroatoms. The van der Waals surface area contributed by atoms with E-state index in [2.05, 4.69) is 20.3 Å². The highest BCUT2D eigenvalue weighted by atomic mass is 32.1. The van der Waals surface area contributed by atoms with Crippen LogP contribution in [0.4, 0.5) is 5.13 Å². The van der Waals surface area contributed by atoms with E-state index in [1.807, 2.05) is 32.9 Å². The van der Waals surface area contributed by atoms with Crippen LogP contribution in [-0.2, 0) is 20.9 Å². The van der Waals surface area contributed by atoms with Gasteiger partial charge in [0.2, 0.25) is 5.91 Å². The number of amides is 1. The molecule has 0 unspecified atom stereocenters. The third kappa shape index (κ3) is 5.93. The number of ether oxygens (including phenoxy) is 3. The molecule has 0 radical (unpaired) electrons. The number of rotatable bonds is 8. The zero-order chi connectivity index (χ0) is 26.2. The van der Waals surface area contributed by atoms with Gasteiger partial charge in [-0.15, -0.1) is 0 Å². The van der Waals surface area contributed by atoms with Crippen molar-refractivity contribution in [3.8, 4) is 16.9 Å². The van der Waals surface area contributed by atoms with Gasteiger partial charge in [0, 0.05) is 29.4 Å². The van der Waals surface area contributed by atoms with E-state index in [1.54, 1.807) is 19.5 Å². The SMILES string of the molecule is COc1c(-c2cnc(CO[C@H]3CCC[C@@H]3O)nc2)ccc2nc(NC(=O)C3CC(OC(C)(C)C)C3)sc12. The van der Waals surface area contributed by atoms with Crippen LogP contribution in [0.15, 0.2) is 24.5 Å². The maximum Gasteiger partial charge on any atom is 0.229 e. The topological polar surface area (TPSA) is 116 Å². The standard InChI is InChI=1S/C27H34N4O5S/c1-27(2,3)36-17-10-15(11-17)25(33)31-26-30-19-9-8-18(23(34-4)24(19)37-26)16-12-28-22(29-13-16)14-35-21-7-5-6-20(21)32/h8-9,12-13,15,17,20-21,32H,5-7,10-11,14H2,1-4H3,(H,30,31,33)/t15?,17?,20-,21-/m0/s1. The fraction of sp³-hybridized carbons (Fsp3) is 0.556. The Morgan fingerprint density at radius 1 is 1.19 bits per heavy atom. The summed E-state index contributed by atoms with van der Waals surface area (Å²) in [6.45, 7) is 6.35. The van der Waals surface area contributed by atoms with E-state index in [9.17, 15) is 9.90 Å². The van der Waals surface area contributed by atoms with Crippen molar-refractivity contribution < 1.29 is 24.1 Å². The molecule has 2 aliphatic rings. The molecule has 2 aliphatic carbocycles. The number of aliphatic hydroxyl groups excluding tert-OH is 1. The smallest absolute Gasteiger partial charge is 0.229 e. The van der Waals surface area contributed by atoms with Crippen molar-refractivity contribution in [1.82, 2.24) is 15.0 Å². The zero-order valence-electron chi connectivity index (χ0n) is 21.7. The number of carbonyl (C=O) groups excluding carboxylic acids is 1. The number of carbonyl (C=O) groups is 1.